The van der Waals surface area contributed by atoms with Crippen LogP contribution in [0.25, 0.3) is 0 Å². The van der Waals surface area contributed by atoms with Crippen molar-refractivity contribution in [2.24, 2.45) is 0 Å². The van der Waals surface area contributed by atoms with E-state index in [4.69, 9.17) is 0 Å². The number of hydrogen-bond acceptors (Lipinski definition) is 1. The molecular weight excluding hydrogens is 259 g/mol. The van der Waals surface area contributed by atoms with Gasteiger partial charge in [-0.15, -0.1) is 0 Å². The van der Waals surface area contributed by atoms with Crippen LogP contribution in [0.15, 0.2) is 16.6 Å². The minimum absolute atomic E-state index is 0.0659. The summed E-state index contributed by atoms with van der Waals surface area (Å²) in [5.74, 6) is -0.272. The molecule has 1 aromatic carbocycles. The van der Waals surface area contributed by atoms with E-state index in [9.17, 15) is 9.50 Å². The number of benzene rings is 1. The van der Waals surface area contributed by atoms with Crippen LogP contribution in [0.2, 0.25) is 0 Å². The van der Waals surface area contributed by atoms with Gasteiger partial charge in [0.2, 0.25) is 0 Å². The highest BCUT2D eigenvalue weighted by Gasteiger charge is 2.25. The fourth-order valence-corrected chi connectivity index (χ4v) is 1.93. The molecule has 15 heavy (non-hydrogen) atoms. The highest BCUT2D eigenvalue weighted by molar-refractivity contribution is 9.10. The van der Waals surface area contributed by atoms with Gasteiger partial charge in [-0.3, -0.25) is 0 Å². The zero-order valence-electron chi connectivity index (χ0n) is 9.27. The second-order valence-corrected chi connectivity index (χ2v) is 5.19. The van der Waals surface area contributed by atoms with Crippen molar-refractivity contribution in [3.05, 3.63) is 33.5 Å². The molecule has 0 bridgehead atoms. The van der Waals surface area contributed by atoms with E-state index in [1.165, 1.54) is 0 Å². The molecule has 0 unspecified atom stereocenters. The maximum absolute atomic E-state index is 13.8. The van der Waals surface area contributed by atoms with Crippen LogP contribution in [0.5, 0.6) is 0 Å². The van der Waals surface area contributed by atoms with Crippen molar-refractivity contribution in [1.29, 1.82) is 0 Å². The zero-order valence-corrected chi connectivity index (χ0v) is 10.9. The highest BCUT2D eigenvalue weighted by atomic mass is 79.9. The van der Waals surface area contributed by atoms with Crippen molar-refractivity contribution < 1.29 is 9.50 Å². The van der Waals surface area contributed by atoms with E-state index in [1.54, 1.807) is 6.07 Å². The molecule has 1 nitrogen and oxygen atoms in total. The van der Waals surface area contributed by atoms with E-state index in [2.05, 4.69) is 15.9 Å². The van der Waals surface area contributed by atoms with Gasteiger partial charge < -0.3 is 5.11 Å². The second kappa shape index (κ2) is 4.62. The van der Waals surface area contributed by atoms with Gasteiger partial charge in [-0.05, 0) is 39.5 Å². The van der Waals surface area contributed by atoms with Crippen molar-refractivity contribution in [2.75, 3.05) is 6.61 Å². The molecule has 1 rings (SSSR count). The van der Waals surface area contributed by atoms with E-state index in [0.29, 0.717) is 10.0 Å². The minimum atomic E-state index is -0.544. The van der Waals surface area contributed by atoms with Gasteiger partial charge in [-0.2, -0.15) is 0 Å². The lowest BCUT2D eigenvalue weighted by molar-refractivity contribution is 0.214. The van der Waals surface area contributed by atoms with Crippen LogP contribution in [0.1, 0.15) is 31.9 Å². The number of halogens is 2. The van der Waals surface area contributed by atoms with Gasteiger partial charge >= 0.3 is 0 Å². The summed E-state index contributed by atoms with van der Waals surface area (Å²) in [6.07, 6.45) is 0.855. The van der Waals surface area contributed by atoms with Crippen LogP contribution >= 0.6 is 15.9 Å². The summed E-state index contributed by atoms with van der Waals surface area (Å²) in [6, 6.07) is 3.61. The summed E-state index contributed by atoms with van der Waals surface area (Å²) in [7, 11) is 0. The Hall–Kier alpha value is -0.410. The average Bonchev–Trinajstić information content (AvgIpc) is 2.21. The fraction of sp³-hybridized carbons (Fsp3) is 0.500. The normalized spacial score (nSPS) is 11.9. The lowest BCUT2D eigenvalue weighted by Crippen LogP contribution is -2.24. The van der Waals surface area contributed by atoms with Crippen molar-refractivity contribution in [3.8, 4) is 0 Å². The first kappa shape index (κ1) is 12.7. The van der Waals surface area contributed by atoms with Gasteiger partial charge in [-0.25, -0.2) is 4.39 Å². The van der Waals surface area contributed by atoms with E-state index in [-0.39, 0.29) is 12.4 Å². The quantitative estimate of drug-likeness (QED) is 0.896. The van der Waals surface area contributed by atoms with E-state index >= 15 is 0 Å². The molecular formula is C12H16BrFO. The van der Waals surface area contributed by atoms with Crippen LogP contribution in [0.3, 0.4) is 0 Å². The molecule has 0 amide bonds. The smallest absolute Gasteiger partial charge is 0.141 e. The molecule has 1 N–H and O–H groups in total. The maximum Gasteiger partial charge on any atom is 0.141 e. The summed E-state index contributed by atoms with van der Waals surface area (Å²) in [5, 5.41) is 9.24. The molecule has 0 fully saturated rings. The summed E-state index contributed by atoms with van der Waals surface area (Å²) >= 11 is 3.20. The van der Waals surface area contributed by atoms with Crippen molar-refractivity contribution >= 4 is 15.9 Å². The van der Waals surface area contributed by atoms with Crippen LogP contribution in [0.4, 0.5) is 4.39 Å². The largest absolute Gasteiger partial charge is 0.395 e. The van der Waals surface area contributed by atoms with Gasteiger partial charge in [0, 0.05) is 5.41 Å². The predicted molar refractivity (Wildman–Crippen MR) is 63.6 cm³/mol. The lowest BCUT2D eigenvalue weighted by atomic mass is 9.84. The highest BCUT2D eigenvalue weighted by Crippen LogP contribution is 2.30. The van der Waals surface area contributed by atoms with Crippen molar-refractivity contribution in [3.63, 3.8) is 0 Å². The number of hydrogen-bond donors (Lipinski definition) is 1. The lowest BCUT2D eigenvalue weighted by Gasteiger charge is -2.24. The van der Waals surface area contributed by atoms with Gasteiger partial charge in [0.05, 0.1) is 11.1 Å². The molecule has 0 aliphatic carbocycles. The van der Waals surface area contributed by atoms with E-state index in [0.717, 1.165) is 12.0 Å². The predicted octanol–water partition coefficient (Wildman–Crippen LogP) is 3.42. The number of aliphatic hydroxyl groups is 1. The second-order valence-electron chi connectivity index (χ2n) is 4.33. The van der Waals surface area contributed by atoms with Crippen molar-refractivity contribution in [2.45, 2.75) is 32.6 Å². The van der Waals surface area contributed by atoms with Crippen molar-refractivity contribution in [1.82, 2.24) is 0 Å². The van der Waals surface area contributed by atoms with Gasteiger partial charge in [0.25, 0.3) is 0 Å². The van der Waals surface area contributed by atoms with Crippen LogP contribution in [-0.4, -0.2) is 11.7 Å². The Labute approximate surface area is 98.4 Å². The third kappa shape index (κ3) is 2.58. The summed E-state index contributed by atoms with van der Waals surface area (Å²) < 4.78 is 14.3. The molecule has 0 atom stereocenters. The Balaban J connectivity index is 3.34. The first-order valence-corrected chi connectivity index (χ1v) is 5.81. The minimum Gasteiger partial charge on any atom is -0.395 e. The van der Waals surface area contributed by atoms with Gasteiger partial charge in [0.15, 0.2) is 0 Å². The molecule has 0 heterocycles. The number of rotatable bonds is 3. The Morgan fingerprint density at radius 3 is 2.47 bits per heavy atom. The number of aryl methyl sites for hydroxylation is 1. The Morgan fingerprint density at radius 1 is 1.40 bits per heavy atom. The summed E-state index contributed by atoms with van der Waals surface area (Å²) in [6.45, 7) is 5.62. The van der Waals surface area contributed by atoms with Crippen LogP contribution in [-0.2, 0) is 11.8 Å². The molecule has 0 saturated carbocycles. The molecule has 0 radical (unpaired) electrons. The molecule has 0 aliphatic rings. The molecule has 1 aromatic rings. The fourth-order valence-electron chi connectivity index (χ4n) is 1.43. The molecule has 3 heteroatoms. The topological polar surface area (TPSA) is 20.2 Å². The third-order valence-corrected chi connectivity index (χ3v) is 3.20. The van der Waals surface area contributed by atoms with E-state index < -0.39 is 5.41 Å². The average molecular weight is 275 g/mol. The molecule has 0 aliphatic heterocycles. The van der Waals surface area contributed by atoms with Gasteiger partial charge in [-0.1, -0.05) is 26.8 Å². The Bertz CT molecular complexity index is 361. The Morgan fingerprint density at radius 2 is 2.00 bits per heavy atom. The SMILES string of the molecule is CCc1cc(Br)c(F)c(C(C)(C)CO)c1. The summed E-state index contributed by atoms with van der Waals surface area (Å²) in [5.41, 5.74) is 1.09. The maximum atomic E-state index is 13.8. The molecule has 0 saturated heterocycles. The first-order valence-electron chi connectivity index (χ1n) is 5.01. The van der Waals surface area contributed by atoms with Crippen LogP contribution in [0, 0.1) is 5.82 Å². The van der Waals surface area contributed by atoms with Gasteiger partial charge in [0.1, 0.15) is 5.82 Å². The number of aliphatic hydroxyl groups excluding tert-OH is 1. The first-order chi connectivity index (χ1) is 6.92. The molecule has 0 spiro atoms. The summed E-state index contributed by atoms with van der Waals surface area (Å²) in [4.78, 5) is 0. The third-order valence-electron chi connectivity index (χ3n) is 2.62. The van der Waals surface area contributed by atoms with Crippen LogP contribution < -0.4 is 0 Å². The Kier molecular flexibility index (Phi) is 3.90. The molecule has 84 valence electrons. The monoisotopic (exact) mass is 274 g/mol. The molecule has 0 aromatic heterocycles. The zero-order chi connectivity index (χ0) is 11.6. The standard InChI is InChI=1S/C12H16BrFO/c1-4-8-5-9(12(2,3)7-15)11(14)10(13)6-8/h5-6,15H,4,7H2,1-3H3. The van der Waals surface area contributed by atoms with E-state index in [1.807, 2.05) is 26.8 Å².